The van der Waals surface area contributed by atoms with Gasteiger partial charge in [0.25, 0.3) is 15.9 Å². The van der Waals surface area contributed by atoms with Crippen LogP contribution in [0.3, 0.4) is 0 Å². The van der Waals surface area contributed by atoms with Crippen molar-refractivity contribution in [1.29, 1.82) is 0 Å². The number of carbonyl (C=O) groups is 1. The first-order valence-corrected chi connectivity index (χ1v) is 12.8. The number of nitrogens with one attached hydrogen (secondary N) is 1. The van der Waals surface area contributed by atoms with E-state index in [1.165, 1.54) is 21.6 Å². The van der Waals surface area contributed by atoms with Gasteiger partial charge in [-0.15, -0.1) is 0 Å². The van der Waals surface area contributed by atoms with Gasteiger partial charge in [0.1, 0.15) is 11.6 Å². The Morgan fingerprint density at radius 1 is 1.06 bits per heavy atom. The molecule has 0 unspecified atom stereocenters. The lowest BCUT2D eigenvalue weighted by atomic mass is 10.2. The van der Waals surface area contributed by atoms with Gasteiger partial charge in [-0.2, -0.15) is 9.21 Å². The Bertz CT molecular complexity index is 1550. The number of piperazine rings is 1. The van der Waals surface area contributed by atoms with Gasteiger partial charge in [-0.25, -0.2) is 18.4 Å². The zero-order chi connectivity index (χ0) is 25.3. The Hall–Kier alpha value is -3.74. The van der Waals surface area contributed by atoms with Crippen molar-refractivity contribution in [3.63, 3.8) is 0 Å². The number of halogens is 1. The van der Waals surface area contributed by atoms with Gasteiger partial charge in [-0.3, -0.25) is 9.78 Å². The molecule has 4 aromatic rings. The molecule has 0 aliphatic carbocycles. The third-order valence-corrected chi connectivity index (χ3v) is 7.93. The normalized spacial score (nSPS) is 14.8. The van der Waals surface area contributed by atoms with E-state index in [4.69, 9.17) is 11.6 Å². The maximum atomic E-state index is 13.1. The van der Waals surface area contributed by atoms with E-state index in [0.29, 0.717) is 32.9 Å². The van der Waals surface area contributed by atoms with Crippen molar-refractivity contribution in [1.82, 2.24) is 29.1 Å². The third kappa shape index (κ3) is 4.70. The molecule has 4 heterocycles. The van der Waals surface area contributed by atoms with E-state index >= 15 is 0 Å². The van der Waals surface area contributed by atoms with E-state index in [-0.39, 0.29) is 49.5 Å². The van der Waals surface area contributed by atoms with E-state index < -0.39 is 10.0 Å². The fraction of sp³-hybridized carbons (Fsp3) is 0.217. The molecular weight excluding hydrogens is 506 g/mol. The summed E-state index contributed by atoms with van der Waals surface area (Å²) in [4.78, 5) is 40.6. The minimum absolute atomic E-state index is 0.00765. The second-order valence-corrected chi connectivity index (χ2v) is 10.5. The lowest BCUT2D eigenvalue weighted by Crippen LogP contribution is -2.50. The number of hydrogen-bond donors (Lipinski definition) is 1. The summed E-state index contributed by atoms with van der Waals surface area (Å²) < 4.78 is 27.6. The molecule has 0 bridgehead atoms. The van der Waals surface area contributed by atoms with Gasteiger partial charge in [-0.05, 0) is 36.4 Å². The van der Waals surface area contributed by atoms with Crippen molar-refractivity contribution in [2.75, 3.05) is 26.2 Å². The number of pyridine rings is 1. The molecular formula is C23H20ClN7O4S. The average molecular weight is 526 g/mol. The van der Waals surface area contributed by atoms with Crippen LogP contribution in [0.15, 0.2) is 65.1 Å². The molecule has 1 aliphatic heterocycles. The number of rotatable bonds is 6. The van der Waals surface area contributed by atoms with Crippen molar-refractivity contribution >= 4 is 38.4 Å². The fourth-order valence-electron chi connectivity index (χ4n) is 3.99. The highest BCUT2D eigenvalue weighted by Crippen LogP contribution is 2.25. The number of hydrogen-bond acceptors (Lipinski definition) is 8. The lowest BCUT2D eigenvalue weighted by Gasteiger charge is -2.33. The molecule has 1 aromatic carbocycles. The van der Waals surface area contributed by atoms with Gasteiger partial charge in [-0.1, -0.05) is 22.8 Å². The Morgan fingerprint density at radius 2 is 1.81 bits per heavy atom. The Kier molecular flexibility index (Phi) is 6.48. The van der Waals surface area contributed by atoms with Gasteiger partial charge in [0.15, 0.2) is 0 Å². The smallest absolute Gasteiger partial charge is 0.291 e. The van der Waals surface area contributed by atoms with Gasteiger partial charge in [0.2, 0.25) is 5.82 Å². The summed E-state index contributed by atoms with van der Waals surface area (Å²) in [6, 6.07) is 11.9. The zero-order valence-electron chi connectivity index (χ0n) is 18.8. The maximum absolute atomic E-state index is 13.1. The minimum Gasteiger partial charge on any atom is -0.345 e. The average Bonchev–Trinajstić information content (AvgIpc) is 3.33. The standard InChI is InChI=1S/C23H20ClN7O4S/c24-17-4-5-20-15(10-17)11-21(29-20)36(34,35)31-8-6-30(7-9-31)23(32)22-25-12-16(13-26-22)19-3-1-2-18(28-19)14-27-33/h1-5,10-13,29H,6-9,14H2. The summed E-state index contributed by atoms with van der Waals surface area (Å²) in [6.45, 7) is 0.657. The van der Waals surface area contributed by atoms with Crippen LogP contribution in [0.1, 0.15) is 16.3 Å². The summed E-state index contributed by atoms with van der Waals surface area (Å²) >= 11 is 6.01. The van der Waals surface area contributed by atoms with Gasteiger partial charge in [0.05, 0.1) is 11.4 Å². The summed E-state index contributed by atoms with van der Waals surface area (Å²) in [5, 5.41) is 4.15. The second-order valence-electron chi connectivity index (χ2n) is 8.16. The van der Waals surface area contributed by atoms with Crippen LogP contribution >= 0.6 is 11.6 Å². The summed E-state index contributed by atoms with van der Waals surface area (Å²) in [6.07, 6.45) is 2.98. The van der Waals surface area contributed by atoms with Crippen molar-refractivity contribution in [3.8, 4) is 11.3 Å². The number of amides is 1. The molecule has 0 atom stereocenters. The molecule has 11 nitrogen and oxygen atoms in total. The molecule has 0 radical (unpaired) electrons. The van der Waals surface area contributed by atoms with Crippen LogP contribution in [0.4, 0.5) is 0 Å². The van der Waals surface area contributed by atoms with Crippen LogP contribution in [0.2, 0.25) is 5.02 Å². The first-order chi connectivity index (χ1) is 17.3. The largest absolute Gasteiger partial charge is 0.345 e. The van der Waals surface area contributed by atoms with E-state index in [2.05, 4.69) is 25.1 Å². The van der Waals surface area contributed by atoms with Crippen LogP contribution < -0.4 is 0 Å². The monoisotopic (exact) mass is 525 g/mol. The van der Waals surface area contributed by atoms with Crippen molar-refractivity contribution in [3.05, 3.63) is 76.3 Å². The Morgan fingerprint density at radius 3 is 2.53 bits per heavy atom. The van der Waals surface area contributed by atoms with E-state index in [1.807, 2.05) is 0 Å². The number of benzene rings is 1. The number of nitrogens with zero attached hydrogens (tertiary/aromatic N) is 6. The third-order valence-electron chi connectivity index (χ3n) is 5.87. The minimum atomic E-state index is -3.76. The number of carbonyl (C=O) groups excluding carboxylic acids is 1. The van der Waals surface area contributed by atoms with Crippen molar-refractivity contribution in [2.45, 2.75) is 11.6 Å². The highest BCUT2D eigenvalue weighted by molar-refractivity contribution is 7.89. The van der Waals surface area contributed by atoms with Gasteiger partial charge in [0, 0.05) is 60.1 Å². The molecule has 184 valence electrons. The molecule has 0 saturated carbocycles. The number of fused-ring (bicyclic) bond motifs is 1. The summed E-state index contributed by atoms with van der Waals surface area (Å²) in [5.74, 6) is -0.376. The topological polar surface area (TPSA) is 142 Å². The summed E-state index contributed by atoms with van der Waals surface area (Å²) in [5.41, 5.74) is 2.35. The SMILES string of the molecule is O=NCc1cccc(-c2cnc(C(=O)N3CCN(S(=O)(=O)c4cc5cc(Cl)ccc5[nH]4)CC3)nc2)n1. The first kappa shape index (κ1) is 24.0. The van der Waals surface area contributed by atoms with E-state index in [1.54, 1.807) is 42.5 Å². The number of H-pyrrole nitrogens is 1. The lowest BCUT2D eigenvalue weighted by molar-refractivity contribution is 0.0685. The van der Waals surface area contributed by atoms with Crippen molar-refractivity contribution < 1.29 is 13.2 Å². The fourth-order valence-corrected chi connectivity index (χ4v) is 5.61. The molecule has 1 amide bonds. The Labute approximate surface area is 211 Å². The molecule has 1 N–H and O–H groups in total. The predicted molar refractivity (Wildman–Crippen MR) is 133 cm³/mol. The number of sulfonamides is 1. The quantitative estimate of drug-likeness (QED) is 0.381. The molecule has 5 rings (SSSR count). The van der Waals surface area contributed by atoms with Crippen LogP contribution in [0.5, 0.6) is 0 Å². The molecule has 1 fully saturated rings. The number of aromatic amines is 1. The highest BCUT2D eigenvalue weighted by atomic mass is 35.5. The van der Waals surface area contributed by atoms with Gasteiger partial charge >= 0.3 is 0 Å². The van der Waals surface area contributed by atoms with Crippen molar-refractivity contribution in [2.24, 2.45) is 5.18 Å². The summed E-state index contributed by atoms with van der Waals surface area (Å²) in [7, 11) is -3.76. The molecule has 13 heteroatoms. The van der Waals surface area contributed by atoms with Crippen LogP contribution in [0.25, 0.3) is 22.2 Å². The predicted octanol–water partition coefficient (Wildman–Crippen LogP) is 3.09. The van der Waals surface area contributed by atoms with E-state index in [0.717, 1.165) is 0 Å². The molecule has 3 aromatic heterocycles. The highest BCUT2D eigenvalue weighted by Gasteiger charge is 2.32. The number of aromatic nitrogens is 4. The molecule has 0 spiro atoms. The number of nitroso groups, excluding NO2 is 1. The van der Waals surface area contributed by atoms with E-state index in [9.17, 15) is 18.1 Å². The molecule has 1 aliphatic rings. The Balaban J connectivity index is 1.25. The maximum Gasteiger partial charge on any atom is 0.291 e. The molecule has 36 heavy (non-hydrogen) atoms. The second kappa shape index (κ2) is 9.72. The van der Waals surface area contributed by atoms with Gasteiger partial charge < -0.3 is 9.88 Å². The van der Waals surface area contributed by atoms with Crippen LogP contribution in [-0.2, 0) is 16.6 Å². The first-order valence-electron chi connectivity index (χ1n) is 11.0. The van der Waals surface area contributed by atoms with Crippen LogP contribution in [-0.4, -0.2) is 69.6 Å². The molecule has 1 saturated heterocycles. The van der Waals surface area contributed by atoms with Crippen LogP contribution in [0, 0.1) is 4.91 Å². The zero-order valence-corrected chi connectivity index (χ0v) is 20.4.